The van der Waals surface area contributed by atoms with Crippen LogP contribution in [0.2, 0.25) is 0 Å². The fraction of sp³-hybridized carbons (Fsp3) is 0.423. The molecule has 7 nitrogen and oxygen atoms in total. The fourth-order valence-electron chi connectivity index (χ4n) is 4.70. The van der Waals surface area contributed by atoms with Gasteiger partial charge in [0.25, 0.3) is 0 Å². The van der Waals surface area contributed by atoms with Gasteiger partial charge in [-0.25, -0.2) is 4.79 Å². The van der Waals surface area contributed by atoms with Crippen molar-refractivity contribution in [3.05, 3.63) is 59.7 Å². The summed E-state index contributed by atoms with van der Waals surface area (Å²) in [5.41, 5.74) is 4.68. The molecule has 4 rings (SSSR count). The van der Waals surface area contributed by atoms with Crippen molar-refractivity contribution >= 4 is 18.0 Å². The maximum atomic E-state index is 12.4. The van der Waals surface area contributed by atoms with Crippen LogP contribution in [-0.4, -0.2) is 41.8 Å². The number of hydrogen-bond acceptors (Lipinski definition) is 4. The molecule has 2 aliphatic carbocycles. The van der Waals surface area contributed by atoms with Crippen LogP contribution in [0.25, 0.3) is 11.1 Å². The zero-order chi connectivity index (χ0) is 23.5. The van der Waals surface area contributed by atoms with Gasteiger partial charge in [0.05, 0.1) is 6.42 Å². The first-order valence-corrected chi connectivity index (χ1v) is 11.5. The second kappa shape index (κ2) is 9.65. The number of fused-ring (bicyclic) bond motifs is 3. The number of carbonyl (C=O) groups is 3. The number of rotatable bonds is 8. The summed E-state index contributed by atoms with van der Waals surface area (Å²) in [5.74, 6) is -1.28. The summed E-state index contributed by atoms with van der Waals surface area (Å²) in [6.07, 6.45) is 0.464. The Morgan fingerprint density at radius 3 is 2.12 bits per heavy atom. The third-order valence-electron chi connectivity index (χ3n) is 6.70. The standard InChI is InChI=1S/C26H30N2O5/c1-15(2)23(13-24(29)30)28-25(31)16-11-17(12-16)27-26(32)33-14-22-20-9-5-3-7-18(20)19-8-4-6-10-21(19)22/h3-10,15-17,22-23H,11-14H2,1-2H3,(H,27,32)(H,28,31)(H,29,30)/t16?,17?,23-/m0/s1. The highest BCUT2D eigenvalue weighted by atomic mass is 16.5. The summed E-state index contributed by atoms with van der Waals surface area (Å²) in [5, 5.41) is 14.7. The van der Waals surface area contributed by atoms with Crippen molar-refractivity contribution in [2.24, 2.45) is 11.8 Å². The number of nitrogens with one attached hydrogen (secondary N) is 2. The van der Waals surface area contributed by atoms with Gasteiger partial charge in [0.2, 0.25) is 5.91 Å². The number of carboxylic acids is 1. The molecule has 0 aliphatic heterocycles. The molecule has 0 saturated heterocycles. The van der Waals surface area contributed by atoms with Crippen LogP contribution in [0.4, 0.5) is 4.79 Å². The number of hydrogen-bond donors (Lipinski definition) is 3. The zero-order valence-corrected chi connectivity index (χ0v) is 18.9. The number of amides is 2. The van der Waals surface area contributed by atoms with Crippen LogP contribution in [0.15, 0.2) is 48.5 Å². The van der Waals surface area contributed by atoms with Gasteiger partial charge in [-0.05, 0) is 41.0 Å². The van der Waals surface area contributed by atoms with Gasteiger partial charge in [0.15, 0.2) is 0 Å². The third kappa shape index (κ3) is 5.02. The molecule has 3 N–H and O–H groups in total. The van der Waals surface area contributed by atoms with Crippen LogP contribution < -0.4 is 10.6 Å². The Morgan fingerprint density at radius 1 is 1.00 bits per heavy atom. The van der Waals surface area contributed by atoms with Gasteiger partial charge >= 0.3 is 12.1 Å². The molecule has 2 aromatic carbocycles. The van der Waals surface area contributed by atoms with Crippen molar-refractivity contribution < 1.29 is 24.2 Å². The number of ether oxygens (including phenoxy) is 1. The molecule has 0 unspecified atom stereocenters. The summed E-state index contributed by atoms with van der Waals surface area (Å²) in [6, 6.07) is 15.8. The van der Waals surface area contributed by atoms with E-state index in [0.29, 0.717) is 12.8 Å². The van der Waals surface area contributed by atoms with E-state index >= 15 is 0 Å². The first-order chi connectivity index (χ1) is 15.8. The maximum absolute atomic E-state index is 12.4. The molecule has 0 aromatic heterocycles. The SMILES string of the molecule is CC(C)[C@H](CC(=O)O)NC(=O)C1CC(NC(=O)OCC2c3ccccc3-c3ccccc32)C1. The van der Waals surface area contributed by atoms with Crippen molar-refractivity contribution in [1.82, 2.24) is 10.6 Å². The minimum Gasteiger partial charge on any atom is -0.481 e. The fourth-order valence-corrected chi connectivity index (χ4v) is 4.70. The van der Waals surface area contributed by atoms with Crippen molar-refractivity contribution in [1.29, 1.82) is 0 Å². The number of carbonyl (C=O) groups excluding carboxylic acids is 2. The van der Waals surface area contributed by atoms with Crippen molar-refractivity contribution in [2.75, 3.05) is 6.61 Å². The second-order valence-corrected chi connectivity index (χ2v) is 9.29. The monoisotopic (exact) mass is 450 g/mol. The Morgan fingerprint density at radius 2 is 1.58 bits per heavy atom. The molecule has 2 aromatic rings. The van der Waals surface area contributed by atoms with Crippen LogP contribution in [0.3, 0.4) is 0 Å². The molecule has 1 saturated carbocycles. The van der Waals surface area contributed by atoms with Gasteiger partial charge in [0, 0.05) is 23.9 Å². The van der Waals surface area contributed by atoms with Crippen molar-refractivity contribution in [3.63, 3.8) is 0 Å². The van der Waals surface area contributed by atoms with E-state index in [4.69, 9.17) is 9.84 Å². The molecule has 1 atom stereocenters. The predicted molar refractivity (Wildman–Crippen MR) is 124 cm³/mol. The Hall–Kier alpha value is -3.35. The van der Waals surface area contributed by atoms with Crippen molar-refractivity contribution in [2.45, 2.75) is 51.1 Å². The highest BCUT2D eigenvalue weighted by Crippen LogP contribution is 2.44. The molecule has 174 valence electrons. The topological polar surface area (TPSA) is 105 Å². The Balaban J connectivity index is 1.25. The Kier molecular flexibility index (Phi) is 6.67. The summed E-state index contributed by atoms with van der Waals surface area (Å²) in [7, 11) is 0. The van der Waals surface area contributed by atoms with Gasteiger partial charge in [-0.15, -0.1) is 0 Å². The summed E-state index contributed by atoms with van der Waals surface area (Å²) < 4.78 is 5.57. The molecule has 2 amide bonds. The molecular formula is C26H30N2O5. The minimum atomic E-state index is -0.933. The molecule has 7 heteroatoms. The first-order valence-electron chi connectivity index (χ1n) is 11.5. The van der Waals surface area contributed by atoms with Gasteiger partial charge in [-0.1, -0.05) is 62.4 Å². The average molecular weight is 451 g/mol. The summed E-state index contributed by atoms with van der Waals surface area (Å²) in [4.78, 5) is 35.8. The second-order valence-electron chi connectivity index (χ2n) is 9.29. The Labute approximate surface area is 193 Å². The molecular weight excluding hydrogens is 420 g/mol. The van der Waals surface area contributed by atoms with E-state index in [1.54, 1.807) is 0 Å². The van der Waals surface area contributed by atoms with Gasteiger partial charge in [-0.3, -0.25) is 9.59 Å². The maximum Gasteiger partial charge on any atom is 0.407 e. The highest BCUT2D eigenvalue weighted by molar-refractivity contribution is 5.81. The number of carboxylic acid groups (broad SMARTS) is 1. The molecule has 0 spiro atoms. The quantitative estimate of drug-likeness (QED) is 0.565. The lowest BCUT2D eigenvalue weighted by molar-refractivity contribution is -0.138. The van der Waals surface area contributed by atoms with Crippen LogP contribution in [0, 0.1) is 11.8 Å². The lowest BCUT2D eigenvalue weighted by Crippen LogP contribution is -2.52. The van der Waals surface area contributed by atoms with E-state index in [0.717, 1.165) is 11.1 Å². The molecule has 0 radical (unpaired) electrons. The highest BCUT2D eigenvalue weighted by Gasteiger charge is 2.37. The molecule has 0 heterocycles. The largest absolute Gasteiger partial charge is 0.481 e. The number of aliphatic carboxylic acids is 1. The van der Waals surface area contributed by atoms with Gasteiger partial charge in [-0.2, -0.15) is 0 Å². The lowest BCUT2D eigenvalue weighted by atomic mass is 9.79. The van der Waals surface area contributed by atoms with Gasteiger partial charge < -0.3 is 20.5 Å². The number of benzene rings is 2. The van der Waals surface area contributed by atoms with Gasteiger partial charge in [0.1, 0.15) is 6.61 Å². The zero-order valence-electron chi connectivity index (χ0n) is 18.9. The van der Waals surface area contributed by atoms with Crippen LogP contribution in [0.5, 0.6) is 0 Å². The molecule has 0 bridgehead atoms. The van der Waals surface area contributed by atoms with E-state index in [1.165, 1.54) is 11.1 Å². The molecule has 1 fully saturated rings. The van der Waals surface area contributed by atoms with E-state index in [2.05, 4.69) is 34.9 Å². The smallest absolute Gasteiger partial charge is 0.407 e. The van der Waals surface area contributed by atoms with Crippen LogP contribution in [0.1, 0.15) is 50.2 Å². The molecule has 2 aliphatic rings. The van der Waals surface area contributed by atoms with Crippen LogP contribution >= 0.6 is 0 Å². The predicted octanol–water partition coefficient (Wildman–Crippen LogP) is 3.92. The number of alkyl carbamates (subject to hydrolysis) is 1. The van der Waals surface area contributed by atoms with E-state index < -0.39 is 18.1 Å². The first kappa shape index (κ1) is 22.8. The Bertz CT molecular complexity index is 999. The van der Waals surface area contributed by atoms with E-state index in [1.807, 2.05) is 38.1 Å². The molecule has 33 heavy (non-hydrogen) atoms. The van der Waals surface area contributed by atoms with Crippen molar-refractivity contribution in [3.8, 4) is 11.1 Å². The summed E-state index contributed by atoms with van der Waals surface area (Å²) in [6.45, 7) is 4.02. The third-order valence-corrected chi connectivity index (χ3v) is 6.70. The minimum absolute atomic E-state index is 0.00488. The van der Waals surface area contributed by atoms with Crippen LogP contribution in [-0.2, 0) is 14.3 Å². The average Bonchev–Trinajstić information content (AvgIpc) is 3.07. The normalized spacial score (nSPS) is 19.7. The van der Waals surface area contributed by atoms with E-state index in [-0.39, 0.29) is 42.7 Å². The van der Waals surface area contributed by atoms with E-state index in [9.17, 15) is 14.4 Å². The lowest BCUT2D eigenvalue weighted by Gasteiger charge is -2.35. The summed E-state index contributed by atoms with van der Waals surface area (Å²) >= 11 is 0.